The maximum absolute atomic E-state index is 11.9. The normalized spacial score (nSPS) is 14.5. The molecular formula is C19H26N4O2. The van der Waals surface area contributed by atoms with Crippen molar-refractivity contribution in [2.75, 3.05) is 18.1 Å². The molecule has 134 valence electrons. The number of aliphatic hydroxyl groups is 1. The number of aliphatic hydroxyl groups excluding tert-OH is 1. The molecule has 1 amide bonds. The van der Waals surface area contributed by atoms with Crippen molar-refractivity contribution in [2.45, 2.75) is 46.3 Å². The van der Waals surface area contributed by atoms with Crippen molar-refractivity contribution in [3.8, 4) is 0 Å². The number of nitrogens with zero attached hydrogens (tertiary/aromatic N) is 3. The lowest BCUT2D eigenvalue weighted by molar-refractivity contribution is -0.117. The van der Waals surface area contributed by atoms with Gasteiger partial charge in [0.2, 0.25) is 5.91 Å². The number of amides is 1. The quantitative estimate of drug-likeness (QED) is 0.806. The van der Waals surface area contributed by atoms with Crippen LogP contribution in [0, 0.1) is 13.8 Å². The Hall–Kier alpha value is -2.18. The number of anilines is 1. The van der Waals surface area contributed by atoms with Crippen LogP contribution >= 0.6 is 0 Å². The van der Waals surface area contributed by atoms with Crippen molar-refractivity contribution in [3.05, 3.63) is 46.8 Å². The first-order valence-electron chi connectivity index (χ1n) is 8.84. The molecule has 0 radical (unpaired) electrons. The Morgan fingerprint density at radius 3 is 2.84 bits per heavy atom. The minimum atomic E-state index is 0.0941. The van der Waals surface area contributed by atoms with Gasteiger partial charge in [-0.3, -0.25) is 9.48 Å². The molecule has 0 spiro atoms. The number of aryl methyl sites for hydroxylation is 1. The van der Waals surface area contributed by atoms with Gasteiger partial charge in [0.1, 0.15) is 0 Å². The Morgan fingerprint density at radius 1 is 1.28 bits per heavy atom. The first-order chi connectivity index (χ1) is 12.1. The third-order valence-corrected chi connectivity index (χ3v) is 4.77. The first-order valence-corrected chi connectivity index (χ1v) is 8.84. The van der Waals surface area contributed by atoms with Gasteiger partial charge in [-0.1, -0.05) is 12.1 Å². The fourth-order valence-corrected chi connectivity index (χ4v) is 3.39. The standard InChI is InChI=1S/C19H26N4O2/c1-14-18(15(2)23(21-14)9-10-24)13-20-12-16-5-3-6-17(11-16)22-8-4-7-19(22)25/h3,5-6,11,20,24H,4,7-10,12-13H2,1-2H3. The Bertz CT molecular complexity index is 754. The number of hydrogen-bond donors (Lipinski definition) is 2. The fourth-order valence-electron chi connectivity index (χ4n) is 3.39. The largest absolute Gasteiger partial charge is 0.394 e. The fraction of sp³-hybridized carbons (Fsp3) is 0.474. The smallest absolute Gasteiger partial charge is 0.227 e. The minimum Gasteiger partial charge on any atom is -0.394 e. The van der Waals surface area contributed by atoms with E-state index in [1.165, 1.54) is 5.56 Å². The van der Waals surface area contributed by atoms with Gasteiger partial charge in [-0.2, -0.15) is 5.10 Å². The van der Waals surface area contributed by atoms with Gasteiger partial charge in [0, 0.05) is 43.0 Å². The molecule has 2 N–H and O–H groups in total. The van der Waals surface area contributed by atoms with Crippen LogP contribution in [0.5, 0.6) is 0 Å². The highest BCUT2D eigenvalue weighted by Gasteiger charge is 2.21. The van der Waals surface area contributed by atoms with E-state index in [0.29, 0.717) is 13.0 Å². The van der Waals surface area contributed by atoms with E-state index in [0.717, 1.165) is 48.7 Å². The first kappa shape index (κ1) is 17.6. The third-order valence-electron chi connectivity index (χ3n) is 4.77. The summed E-state index contributed by atoms with van der Waals surface area (Å²) in [5.41, 5.74) is 5.42. The molecule has 0 unspecified atom stereocenters. The van der Waals surface area contributed by atoms with E-state index in [1.807, 2.05) is 35.6 Å². The molecule has 1 aliphatic rings. The Kier molecular flexibility index (Phi) is 5.50. The second-order valence-electron chi connectivity index (χ2n) is 6.52. The van der Waals surface area contributed by atoms with E-state index in [-0.39, 0.29) is 12.5 Å². The molecule has 25 heavy (non-hydrogen) atoms. The van der Waals surface area contributed by atoms with Gasteiger partial charge in [0.25, 0.3) is 0 Å². The number of carbonyl (C=O) groups excluding carboxylic acids is 1. The summed E-state index contributed by atoms with van der Waals surface area (Å²) < 4.78 is 1.85. The molecule has 1 aliphatic heterocycles. The predicted molar refractivity (Wildman–Crippen MR) is 97.4 cm³/mol. The Balaban J connectivity index is 1.62. The van der Waals surface area contributed by atoms with Crippen LogP contribution in [0.3, 0.4) is 0 Å². The molecule has 6 heteroatoms. The Labute approximate surface area is 148 Å². The van der Waals surface area contributed by atoms with Crippen molar-refractivity contribution in [3.63, 3.8) is 0 Å². The maximum atomic E-state index is 11.9. The summed E-state index contributed by atoms with van der Waals surface area (Å²) in [7, 11) is 0. The van der Waals surface area contributed by atoms with Gasteiger partial charge in [0.15, 0.2) is 0 Å². The van der Waals surface area contributed by atoms with Crippen LogP contribution in [0.15, 0.2) is 24.3 Å². The Morgan fingerprint density at radius 2 is 2.12 bits per heavy atom. The number of carbonyl (C=O) groups is 1. The van der Waals surface area contributed by atoms with E-state index < -0.39 is 0 Å². The summed E-state index contributed by atoms with van der Waals surface area (Å²) in [6, 6.07) is 8.17. The van der Waals surface area contributed by atoms with Gasteiger partial charge in [-0.15, -0.1) is 0 Å². The zero-order valence-corrected chi connectivity index (χ0v) is 15.0. The maximum Gasteiger partial charge on any atom is 0.227 e. The van der Waals surface area contributed by atoms with Crippen LogP contribution in [-0.4, -0.2) is 33.9 Å². The molecule has 1 aromatic heterocycles. The molecule has 2 heterocycles. The van der Waals surface area contributed by atoms with Gasteiger partial charge in [-0.05, 0) is 38.0 Å². The molecule has 0 aliphatic carbocycles. The molecule has 1 saturated heterocycles. The average Bonchev–Trinajstić information content (AvgIpc) is 3.14. The second kappa shape index (κ2) is 7.80. The van der Waals surface area contributed by atoms with E-state index in [4.69, 9.17) is 5.11 Å². The van der Waals surface area contributed by atoms with Crippen LogP contribution in [0.2, 0.25) is 0 Å². The summed E-state index contributed by atoms with van der Waals surface area (Å²) in [5.74, 6) is 0.215. The van der Waals surface area contributed by atoms with Gasteiger partial charge in [0.05, 0.1) is 18.8 Å². The van der Waals surface area contributed by atoms with Crippen LogP contribution in [0.4, 0.5) is 5.69 Å². The number of benzene rings is 1. The van der Waals surface area contributed by atoms with Crippen LogP contribution in [0.25, 0.3) is 0 Å². The van der Waals surface area contributed by atoms with Gasteiger partial charge in [-0.25, -0.2) is 0 Å². The van der Waals surface area contributed by atoms with Crippen LogP contribution < -0.4 is 10.2 Å². The number of hydrogen-bond acceptors (Lipinski definition) is 4. The summed E-state index contributed by atoms with van der Waals surface area (Å²) in [6.07, 6.45) is 1.59. The molecule has 0 saturated carbocycles. The lowest BCUT2D eigenvalue weighted by Crippen LogP contribution is -2.24. The van der Waals surface area contributed by atoms with Crippen molar-refractivity contribution in [1.82, 2.24) is 15.1 Å². The monoisotopic (exact) mass is 342 g/mol. The average molecular weight is 342 g/mol. The number of aromatic nitrogens is 2. The van der Waals surface area contributed by atoms with Crippen molar-refractivity contribution in [1.29, 1.82) is 0 Å². The van der Waals surface area contributed by atoms with Gasteiger partial charge < -0.3 is 15.3 Å². The molecular weight excluding hydrogens is 316 g/mol. The highest BCUT2D eigenvalue weighted by atomic mass is 16.3. The minimum absolute atomic E-state index is 0.0941. The summed E-state index contributed by atoms with van der Waals surface area (Å²) in [5, 5.41) is 17.0. The van der Waals surface area contributed by atoms with Crippen molar-refractivity contribution in [2.24, 2.45) is 0 Å². The lowest BCUT2D eigenvalue weighted by atomic mass is 10.1. The van der Waals surface area contributed by atoms with E-state index in [9.17, 15) is 4.79 Å². The van der Waals surface area contributed by atoms with Crippen molar-refractivity contribution >= 4 is 11.6 Å². The second-order valence-corrected chi connectivity index (χ2v) is 6.52. The van der Waals surface area contributed by atoms with Crippen LogP contribution in [0.1, 0.15) is 35.4 Å². The molecule has 0 bridgehead atoms. The zero-order chi connectivity index (χ0) is 17.8. The highest BCUT2D eigenvalue weighted by Crippen LogP contribution is 2.22. The zero-order valence-electron chi connectivity index (χ0n) is 15.0. The van der Waals surface area contributed by atoms with E-state index >= 15 is 0 Å². The molecule has 2 aromatic rings. The van der Waals surface area contributed by atoms with E-state index in [1.54, 1.807) is 0 Å². The molecule has 1 aromatic carbocycles. The van der Waals surface area contributed by atoms with Crippen molar-refractivity contribution < 1.29 is 9.90 Å². The van der Waals surface area contributed by atoms with Gasteiger partial charge >= 0.3 is 0 Å². The van der Waals surface area contributed by atoms with Crippen LogP contribution in [-0.2, 0) is 24.4 Å². The molecule has 3 rings (SSSR count). The molecule has 0 atom stereocenters. The summed E-state index contributed by atoms with van der Waals surface area (Å²) in [6.45, 7) is 6.94. The molecule has 1 fully saturated rings. The predicted octanol–water partition coefficient (Wildman–Crippen LogP) is 1.91. The SMILES string of the molecule is Cc1nn(CCO)c(C)c1CNCc1cccc(N2CCCC2=O)c1. The topological polar surface area (TPSA) is 70.4 Å². The summed E-state index contributed by atoms with van der Waals surface area (Å²) in [4.78, 5) is 13.8. The summed E-state index contributed by atoms with van der Waals surface area (Å²) >= 11 is 0. The number of nitrogens with one attached hydrogen (secondary N) is 1. The number of rotatable bonds is 7. The lowest BCUT2D eigenvalue weighted by Gasteiger charge is -2.16. The third kappa shape index (κ3) is 3.91. The highest BCUT2D eigenvalue weighted by molar-refractivity contribution is 5.95. The molecule has 6 nitrogen and oxygen atoms in total. The van der Waals surface area contributed by atoms with E-state index in [2.05, 4.69) is 22.5 Å².